The number of aliphatic hydroxyl groups excluding tert-OH is 1. The van der Waals surface area contributed by atoms with E-state index < -0.39 is 63.1 Å². The smallest absolute Gasteiger partial charge is 0.410 e. The van der Waals surface area contributed by atoms with Crippen LogP contribution in [0.1, 0.15) is 37.1 Å². The number of nitrogens with zero attached hydrogens (tertiary/aromatic N) is 7. The largest absolute Gasteiger partial charge is 0.456 e. The first-order chi connectivity index (χ1) is 26.3. The predicted molar refractivity (Wildman–Crippen MR) is 192 cm³/mol. The zero-order chi connectivity index (χ0) is 39.1. The highest BCUT2D eigenvalue weighted by molar-refractivity contribution is 8.03. The first-order valence-corrected chi connectivity index (χ1v) is 18.5. The van der Waals surface area contributed by atoms with Gasteiger partial charge in [-0.3, -0.25) is 34.7 Å². The molecule has 0 radical (unpaired) electrons. The number of esters is 1. The summed E-state index contributed by atoms with van der Waals surface area (Å²) in [4.78, 5) is 85.2. The summed E-state index contributed by atoms with van der Waals surface area (Å²) < 4.78 is 13.2. The number of aliphatic hydroxyl groups is 1. The molecule has 2 saturated heterocycles. The minimum atomic E-state index is -0.978. The van der Waals surface area contributed by atoms with Crippen molar-refractivity contribution in [3.05, 3.63) is 109 Å². The van der Waals surface area contributed by atoms with Gasteiger partial charge in [0.25, 0.3) is 11.4 Å². The van der Waals surface area contributed by atoms with Crippen LogP contribution in [0.5, 0.6) is 0 Å². The third-order valence-corrected chi connectivity index (χ3v) is 12.0. The van der Waals surface area contributed by atoms with Crippen molar-refractivity contribution >= 4 is 47.0 Å². The van der Waals surface area contributed by atoms with E-state index in [0.717, 1.165) is 5.69 Å². The number of ether oxygens (including phenoxy) is 2. The van der Waals surface area contributed by atoms with Gasteiger partial charge >= 0.3 is 12.1 Å². The molecule has 1 aromatic heterocycles. The Hall–Kier alpha value is -5.82. The number of carbonyl (C=O) groups excluding carboxylic acids is 4. The summed E-state index contributed by atoms with van der Waals surface area (Å²) in [6.45, 7) is 4.24. The SMILES string of the molecule is C[C@@H](O)[C@H]1C(=O)N2C(C(=O)OCc3ccc([N+](=O)[O-])cc3)=C(S[C@H]3C[C@@H](C(=O)N4CCn5cncc5C4)N(C(=O)OCc4ccc([N+](=O)[O-])cc4)C3)[C@H](C)[C@H]12. The number of β-lactam (4-membered cyclic amide) rings is 1. The lowest BCUT2D eigenvalue weighted by Crippen LogP contribution is -2.63. The van der Waals surface area contributed by atoms with Crippen LogP contribution in [0.25, 0.3) is 0 Å². The van der Waals surface area contributed by atoms with Crippen molar-refractivity contribution in [2.24, 2.45) is 11.8 Å². The summed E-state index contributed by atoms with van der Waals surface area (Å²) in [6, 6.07) is 9.66. The molecule has 3 amide bonds. The summed E-state index contributed by atoms with van der Waals surface area (Å²) in [6.07, 6.45) is 1.85. The molecule has 6 atom stereocenters. The van der Waals surface area contributed by atoms with Gasteiger partial charge in [0.05, 0.1) is 46.5 Å². The highest BCUT2D eigenvalue weighted by Gasteiger charge is 2.60. The van der Waals surface area contributed by atoms with E-state index in [1.807, 2.05) is 11.5 Å². The number of carbonyl (C=O) groups is 4. The number of nitro benzene ring substituents is 2. The van der Waals surface area contributed by atoms with Gasteiger partial charge in [0.1, 0.15) is 25.0 Å². The fourth-order valence-electron chi connectivity index (χ4n) is 7.62. The van der Waals surface area contributed by atoms with Crippen LogP contribution in [0.3, 0.4) is 0 Å². The molecule has 2 aromatic carbocycles. The lowest BCUT2D eigenvalue weighted by Gasteiger charge is -2.46. The van der Waals surface area contributed by atoms with Crippen molar-refractivity contribution in [1.82, 2.24) is 24.3 Å². The van der Waals surface area contributed by atoms with Gasteiger partial charge in [-0.25, -0.2) is 14.6 Å². The highest BCUT2D eigenvalue weighted by Crippen LogP contribution is 2.52. The number of non-ortho nitro benzene ring substituents is 2. The van der Waals surface area contributed by atoms with Crippen molar-refractivity contribution in [2.75, 3.05) is 13.1 Å². The molecular formula is C36H37N7O11S. The number of aromatic nitrogens is 2. The summed E-state index contributed by atoms with van der Waals surface area (Å²) >= 11 is 1.28. The van der Waals surface area contributed by atoms with Gasteiger partial charge in [0, 0.05) is 66.2 Å². The molecular weight excluding hydrogens is 739 g/mol. The first kappa shape index (κ1) is 37.5. The quantitative estimate of drug-likeness (QED) is 0.128. The van der Waals surface area contributed by atoms with Gasteiger partial charge < -0.3 is 28.9 Å². The van der Waals surface area contributed by atoms with Gasteiger partial charge in [0.15, 0.2) is 0 Å². The molecule has 5 heterocycles. The third-order valence-electron chi connectivity index (χ3n) is 10.5. The Morgan fingerprint density at radius 3 is 2.20 bits per heavy atom. The molecule has 0 unspecified atom stereocenters. The molecule has 0 aliphatic carbocycles. The van der Waals surface area contributed by atoms with E-state index in [1.54, 1.807) is 17.4 Å². The number of likely N-dealkylation sites (tertiary alicyclic amines) is 1. The minimum absolute atomic E-state index is 0.0256. The van der Waals surface area contributed by atoms with E-state index in [0.29, 0.717) is 35.7 Å². The first-order valence-electron chi connectivity index (χ1n) is 17.6. The third kappa shape index (κ3) is 7.23. The minimum Gasteiger partial charge on any atom is -0.456 e. The van der Waals surface area contributed by atoms with Crippen LogP contribution in [0.15, 0.2) is 71.7 Å². The number of benzene rings is 2. The Labute approximate surface area is 318 Å². The molecule has 4 aliphatic heterocycles. The lowest BCUT2D eigenvalue weighted by molar-refractivity contribution is -0.385. The Kier molecular flexibility index (Phi) is 10.3. The Balaban J connectivity index is 1.13. The molecule has 18 nitrogen and oxygen atoms in total. The van der Waals surface area contributed by atoms with Crippen LogP contribution in [0, 0.1) is 32.1 Å². The van der Waals surface area contributed by atoms with Crippen LogP contribution in [-0.4, -0.2) is 99.6 Å². The average molecular weight is 776 g/mol. The number of imidazole rings is 1. The highest BCUT2D eigenvalue weighted by atomic mass is 32.2. The van der Waals surface area contributed by atoms with Gasteiger partial charge in [-0.15, -0.1) is 11.8 Å². The second-order valence-corrected chi connectivity index (χ2v) is 15.3. The van der Waals surface area contributed by atoms with E-state index in [4.69, 9.17) is 9.47 Å². The number of nitro groups is 2. The molecule has 0 spiro atoms. The van der Waals surface area contributed by atoms with Gasteiger partial charge in [0.2, 0.25) is 11.8 Å². The monoisotopic (exact) mass is 775 g/mol. The maximum Gasteiger partial charge on any atom is 0.410 e. The Bertz CT molecular complexity index is 2070. The number of rotatable bonds is 11. The summed E-state index contributed by atoms with van der Waals surface area (Å²) in [5, 5.41) is 32.2. The van der Waals surface area contributed by atoms with Crippen molar-refractivity contribution in [2.45, 2.75) is 70.0 Å². The Morgan fingerprint density at radius 2 is 1.60 bits per heavy atom. The number of amides is 3. The molecule has 2 fully saturated rings. The standard InChI is InChI=1S/C36H37N7O11S/c1-20-30-29(21(2)44)34(46)41(30)31(35(47)53-17-22-3-7-24(8-4-22)42(49)50)32(20)55-27-13-28(33(45)38-11-12-39-19-37-14-26(39)15-38)40(16-27)36(48)54-18-23-5-9-25(10-6-23)43(51)52/h3-10,14,19-21,27-30,44H,11-13,15-18H2,1-2H3/t20-,21-,27+,28+,29-,30-/m1/s1. The predicted octanol–water partition coefficient (Wildman–Crippen LogP) is 3.37. The Morgan fingerprint density at radius 1 is 0.982 bits per heavy atom. The normalized spacial score (nSPS) is 23.5. The molecule has 55 heavy (non-hydrogen) atoms. The lowest BCUT2D eigenvalue weighted by atomic mass is 9.79. The average Bonchev–Trinajstić information content (AvgIpc) is 3.88. The second kappa shape index (κ2) is 15.1. The van der Waals surface area contributed by atoms with E-state index in [1.165, 1.54) is 77.0 Å². The molecule has 288 valence electrons. The number of hydrogen-bond donors (Lipinski definition) is 1. The van der Waals surface area contributed by atoms with Crippen molar-refractivity contribution < 1.29 is 43.6 Å². The van der Waals surface area contributed by atoms with Crippen molar-refractivity contribution in [3.8, 4) is 0 Å². The van der Waals surface area contributed by atoms with E-state index in [9.17, 15) is 44.5 Å². The summed E-state index contributed by atoms with van der Waals surface area (Å²) in [5.74, 6) is -2.65. The van der Waals surface area contributed by atoms with Crippen molar-refractivity contribution in [3.63, 3.8) is 0 Å². The summed E-state index contributed by atoms with van der Waals surface area (Å²) in [5.41, 5.74) is 1.65. The van der Waals surface area contributed by atoms with Crippen LogP contribution < -0.4 is 0 Å². The fourth-order valence-corrected chi connectivity index (χ4v) is 9.14. The molecule has 0 bridgehead atoms. The summed E-state index contributed by atoms with van der Waals surface area (Å²) in [7, 11) is 0. The molecule has 7 rings (SSSR count). The van der Waals surface area contributed by atoms with Gasteiger partial charge in [-0.1, -0.05) is 6.92 Å². The number of fused-ring (bicyclic) bond motifs is 2. The zero-order valence-corrected chi connectivity index (χ0v) is 30.6. The second-order valence-electron chi connectivity index (χ2n) is 13.9. The molecule has 0 saturated carbocycles. The molecule has 19 heteroatoms. The molecule has 3 aromatic rings. The van der Waals surface area contributed by atoms with E-state index in [-0.39, 0.29) is 49.2 Å². The van der Waals surface area contributed by atoms with Gasteiger partial charge in [-0.05, 0) is 48.7 Å². The van der Waals surface area contributed by atoms with Gasteiger partial charge in [-0.2, -0.15) is 0 Å². The molecule has 1 N–H and O–H groups in total. The fraction of sp³-hybridized carbons (Fsp3) is 0.417. The molecule has 4 aliphatic rings. The number of hydrogen-bond acceptors (Lipinski definition) is 13. The van der Waals surface area contributed by atoms with Crippen LogP contribution in [0.2, 0.25) is 0 Å². The van der Waals surface area contributed by atoms with Crippen LogP contribution in [-0.2, 0) is 50.2 Å². The maximum absolute atomic E-state index is 14.2. The number of thioether (sulfide) groups is 1. The van der Waals surface area contributed by atoms with Crippen LogP contribution >= 0.6 is 11.8 Å². The van der Waals surface area contributed by atoms with Crippen LogP contribution in [0.4, 0.5) is 16.2 Å². The maximum atomic E-state index is 14.2. The topological polar surface area (TPSA) is 221 Å². The van der Waals surface area contributed by atoms with Crippen molar-refractivity contribution in [1.29, 1.82) is 0 Å². The van der Waals surface area contributed by atoms with E-state index >= 15 is 0 Å². The van der Waals surface area contributed by atoms with E-state index in [2.05, 4.69) is 4.98 Å². The zero-order valence-electron chi connectivity index (χ0n) is 29.8.